The van der Waals surface area contributed by atoms with Crippen molar-refractivity contribution in [2.45, 2.75) is 44.4 Å². The van der Waals surface area contributed by atoms with Crippen molar-refractivity contribution in [1.29, 1.82) is 0 Å². The Bertz CT molecular complexity index is 1560. The average molecular weight is 478 g/mol. The lowest BCUT2D eigenvalue weighted by Gasteiger charge is -2.16. The Hall–Kier alpha value is -3.95. The number of nitrogens with zero attached hydrogens (tertiary/aromatic N) is 4. The van der Waals surface area contributed by atoms with Crippen LogP contribution in [0.5, 0.6) is 0 Å². The van der Waals surface area contributed by atoms with Crippen molar-refractivity contribution in [2.24, 2.45) is 0 Å². The molecular formula is C25H21F3N6O. The first-order valence-corrected chi connectivity index (χ1v) is 11.3. The van der Waals surface area contributed by atoms with Gasteiger partial charge in [0.05, 0.1) is 16.5 Å². The summed E-state index contributed by atoms with van der Waals surface area (Å²) in [6, 6.07) is 5.49. The van der Waals surface area contributed by atoms with Crippen LogP contribution in [0, 0.1) is 17.5 Å². The zero-order chi connectivity index (χ0) is 24.6. The summed E-state index contributed by atoms with van der Waals surface area (Å²) < 4.78 is 44.5. The Labute approximate surface area is 198 Å². The smallest absolute Gasteiger partial charge is 0.235 e. The second-order valence-corrected chi connectivity index (χ2v) is 9.60. The summed E-state index contributed by atoms with van der Waals surface area (Å²) in [5.74, 6) is -2.13. The number of hydrogen-bond donors (Lipinski definition) is 2. The van der Waals surface area contributed by atoms with Gasteiger partial charge in [-0.1, -0.05) is 6.07 Å². The summed E-state index contributed by atoms with van der Waals surface area (Å²) >= 11 is 0. The maximum atomic E-state index is 14.5. The Morgan fingerprint density at radius 1 is 1.09 bits per heavy atom. The van der Waals surface area contributed by atoms with Crippen molar-refractivity contribution in [3.63, 3.8) is 0 Å². The Balaban J connectivity index is 1.54. The fourth-order valence-electron chi connectivity index (χ4n) is 4.67. The molecule has 10 heteroatoms. The minimum Gasteiger partial charge on any atom is -0.383 e. The largest absolute Gasteiger partial charge is 0.383 e. The maximum Gasteiger partial charge on any atom is 0.235 e. The van der Waals surface area contributed by atoms with Crippen LogP contribution in [-0.4, -0.2) is 25.3 Å². The number of carbonyl (C=O) groups excluding carboxylic acids is 1. The summed E-state index contributed by atoms with van der Waals surface area (Å²) in [5, 5.41) is 2.74. The predicted octanol–water partition coefficient (Wildman–Crippen LogP) is 4.49. The number of amides is 1. The number of halogens is 3. The minimum atomic E-state index is -1.25. The van der Waals surface area contributed by atoms with Crippen molar-refractivity contribution >= 4 is 23.1 Å². The monoisotopic (exact) mass is 478 g/mol. The Morgan fingerprint density at radius 2 is 1.83 bits per heavy atom. The number of hydrogen-bond acceptors (Lipinski definition) is 5. The van der Waals surface area contributed by atoms with Gasteiger partial charge >= 0.3 is 0 Å². The second-order valence-electron chi connectivity index (χ2n) is 9.60. The number of aromatic nitrogens is 4. The third-order valence-electron chi connectivity index (χ3n) is 6.83. The maximum absolute atomic E-state index is 14.5. The molecule has 1 aliphatic carbocycles. The van der Waals surface area contributed by atoms with Gasteiger partial charge in [-0.3, -0.25) is 4.79 Å². The number of nitrogens with one attached hydrogen (secondary N) is 1. The standard InChI is InChI=1S/C25H21F3N6O/c1-25(2)18-21(29)31-23(32-22(18)33-24(25)35)20-16-8-5-12(11-3-4-11)10-34(16)17(30-20)9-13-14(26)6-7-15(27)19(13)28/h5-8,10-11H,3-4,9H2,1-2H3,(H3,29,31,32,33,35). The van der Waals surface area contributed by atoms with Crippen molar-refractivity contribution in [2.75, 3.05) is 11.1 Å². The van der Waals surface area contributed by atoms with Gasteiger partial charge in [-0.05, 0) is 56.4 Å². The number of rotatable bonds is 4. The van der Waals surface area contributed by atoms with Crippen LogP contribution in [0.4, 0.5) is 24.8 Å². The first-order valence-electron chi connectivity index (χ1n) is 11.3. The van der Waals surface area contributed by atoms with Crippen LogP contribution >= 0.6 is 0 Å². The van der Waals surface area contributed by atoms with Gasteiger partial charge in [-0.2, -0.15) is 0 Å². The van der Waals surface area contributed by atoms with E-state index < -0.39 is 28.4 Å². The van der Waals surface area contributed by atoms with Crippen LogP contribution in [0.2, 0.25) is 0 Å². The van der Waals surface area contributed by atoms with Gasteiger partial charge in [-0.25, -0.2) is 28.1 Å². The molecule has 1 aromatic carbocycles. The third-order valence-corrected chi connectivity index (χ3v) is 6.83. The van der Waals surface area contributed by atoms with Crippen molar-refractivity contribution in [1.82, 2.24) is 19.4 Å². The quantitative estimate of drug-likeness (QED) is 0.421. The minimum absolute atomic E-state index is 0.146. The highest BCUT2D eigenvalue weighted by Gasteiger charge is 2.42. The summed E-state index contributed by atoms with van der Waals surface area (Å²) in [7, 11) is 0. The molecule has 1 aliphatic heterocycles. The molecule has 0 saturated heterocycles. The number of carbonyl (C=O) groups is 1. The van der Waals surface area contributed by atoms with Gasteiger partial charge in [0.15, 0.2) is 17.5 Å². The molecule has 4 aromatic rings. The number of imidazole rings is 1. The van der Waals surface area contributed by atoms with Gasteiger partial charge in [0.25, 0.3) is 0 Å². The van der Waals surface area contributed by atoms with Gasteiger partial charge in [0.2, 0.25) is 5.91 Å². The van der Waals surface area contributed by atoms with Gasteiger partial charge in [0.1, 0.15) is 29.0 Å². The average Bonchev–Trinajstić information content (AvgIpc) is 3.56. The first-order chi connectivity index (χ1) is 16.6. The number of fused-ring (bicyclic) bond motifs is 2. The van der Waals surface area contributed by atoms with Crippen molar-refractivity contribution < 1.29 is 18.0 Å². The number of nitrogen functional groups attached to an aromatic ring is 1. The molecule has 0 atom stereocenters. The lowest BCUT2D eigenvalue weighted by Crippen LogP contribution is -2.27. The molecule has 0 spiro atoms. The van der Waals surface area contributed by atoms with E-state index in [9.17, 15) is 18.0 Å². The molecular weight excluding hydrogens is 457 g/mol. The van der Waals surface area contributed by atoms with Crippen molar-refractivity contribution in [3.8, 4) is 11.5 Å². The van der Waals surface area contributed by atoms with E-state index in [-0.39, 0.29) is 24.0 Å². The zero-order valence-corrected chi connectivity index (χ0v) is 19.0. The highest BCUT2D eigenvalue weighted by molar-refractivity contribution is 6.06. The molecule has 178 valence electrons. The highest BCUT2D eigenvalue weighted by Crippen LogP contribution is 2.42. The third kappa shape index (κ3) is 3.27. The van der Waals surface area contributed by atoms with E-state index in [0.717, 1.165) is 30.5 Å². The van der Waals surface area contributed by atoms with Crippen LogP contribution in [0.1, 0.15) is 55.1 Å². The van der Waals surface area contributed by atoms with Crippen LogP contribution in [0.3, 0.4) is 0 Å². The SMILES string of the molecule is CC1(C)C(=O)Nc2nc(-c3nc(Cc4c(F)ccc(F)c4F)n4cc(C5CC5)ccc34)nc(N)c21. The number of anilines is 2. The molecule has 0 bridgehead atoms. The van der Waals surface area contributed by atoms with Gasteiger partial charge < -0.3 is 15.5 Å². The van der Waals surface area contributed by atoms with Crippen LogP contribution in [-0.2, 0) is 16.6 Å². The highest BCUT2D eigenvalue weighted by atomic mass is 19.2. The molecule has 7 nitrogen and oxygen atoms in total. The molecule has 1 amide bonds. The van der Waals surface area contributed by atoms with E-state index in [2.05, 4.69) is 20.3 Å². The van der Waals surface area contributed by atoms with E-state index >= 15 is 0 Å². The summed E-state index contributed by atoms with van der Waals surface area (Å²) in [6.07, 6.45) is 3.73. The van der Waals surface area contributed by atoms with E-state index in [1.54, 1.807) is 18.2 Å². The van der Waals surface area contributed by atoms with Crippen LogP contribution in [0.25, 0.3) is 17.0 Å². The van der Waals surface area contributed by atoms with Crippen LogP contribution < -0.4 is 11.1 Å². The van der Waals surface area contributed by atoms with Crippen molar-refractivity contribution in [3.05, 3.63) is 70.4 Å². The Kier molecular flexibility index (Phi) is 4.48. The molecule has 1 fully saturated rings. The lowest BCUT2D eigenvalue weighted by atomic mass is 9.87. The molecule has 35 heavy (non-hydrogen) atoms. The molecule has 0 unspecified atom stereocenters. The topological polar surface area (TPSA) is 98.2 Å². The van der Waals surface area contributed by atoms with E-state index in [1.807, 2.05) is 18.3 Å². The zero-order valence-electron chi connectivity index (χ0n) is 19.0. The molecule has 1 saturated carbocycles. The molecule has 3 aromatic heterocycles. The molecule has 2 aliphatic rings. The molecule has 3 N–H and O–H groups in total. The van der Waals surface area contributed by atoms with Gasteiger partial charge in [-0.15, -0.1) is 0 Å². The number of benzene rings is 1. The fourth-order valence-corrected chi connectivity index (χ4v) is 4.67. The molecule has 4 heterocycles. The normalized spacial score (nSPS) is 16.5. The van der Waals surface area contributed by atoms with Crippen LogP contribution in [0.15, 0.2) is 30.5 Å². The first kappa shape index (κ1) is 21.6. The number of nitrogens with two attached hydrogens (primary N) is 1. The van der Waals surface area contributed by atoms with E-state index in [0.29, 0.717) is 34.3 Å². The summed E-state index contributed by atoms with van der Waals surface area (Å²) in [5.41, 5.74) is 7.46. The molecule has 6 rings (SSSR count). The van der Waals surface area contributed by atoms with E-state index in [1.165, 1.54) is 0 Å². The Morgan fingerprint density at radius 3 is 2.57 bits per heavy atom. The van der Waals surface area contributed by atoms with Gasteiger partial charge in [0, 0.05) is 18.2 Å². The number of pyridine rings is 1. The summed E-state index contributed by atoms with van der Waals surface area (Å²) in [4.78, 5) is 26.0. The van der Waals surface area contributed by atoms with E-state index in [4.69, 9.17) is 5.73 Å². The lowest BCUT2D eigenvalue weighted by molar-refractivity contribution is -0.119. The fraction of sp³-hybridized carbons (Fsp3) is 0.280. The predicted molar refractivity (Wildman–Crippen MR) is 123 cm³/mol. The summed E-state index contributed by atoms with van der Waals surface area (Å²) in [6.45, 7) is 3.47. The molecule has 0 radical (unpaired) electrons. The second kappa shape index (κ2) is 7.27.